The van der Waals surface area contributed by atoms with Crippen molar-refractivity contribution in [1.29, 1.82) is 0 Å². The van der Waals surface area contributed by atoms with Crippen LogP contribution in [0.2, 0.25) is 0 Å². The van der Waals surface area contributed by atoms with Crippen LogP contribution in [-0.2, 0) is 0 Å². The van der Waals surface area contributed by atoms with E-state index >= 15 is 0 Å². The number of carbonyl (C=O) groups excluding carboxylic acids is 1. The highest BCUT2D eigenvalue weighted by atomic mass is 16.1. The maximum absolute atomic E-state index is 11.3. The summed E-state index contributed by atoms with van der Waals surface area (Å²) in [7, 11) is 0. The van der Waals surface area contributed by atoms with E-state index in [1.807, 2.05) is 6.20 Å². The smallest absolute Gasteiger partial charge is 0.162 e. The number of hydrogen-bond acceptors (Lipinski definition) is 4. The Morgan fingerprint density at radius 2 is 1.89 bits per heavy atom. The van der Waals surface area contributed by atoms with E-state index in [1.54, 1.807) is 30.2 Å². The molecule has 3 rings (SSSR count). The first-order valence-electron chi connectivity index (χ1n) is 6.50. The summed E-state index contributed by atoms with van der Waals surface area (Å²) >= 11 is 0. The van der Waals surface area contributed by atoms with Crippen molar-refractivity contribution < 1.29 is 4.79 Å². The van der Waals surface area contributed by atoms with Gasteiger partial charge in [0.2, 0.25) is 0 Å². The molecule has 0 radical (unpaired) electrons. The van der Waals surface area contributed by atoms with Gasteiger partial charge in [0.25, 0.3) is 0 Å². The van der Waals surface area contributed by atoms with Crippen LogP contribution in [-0.4, -0.2) is 33.6 Å². The third kappa shape index (κ3) is 2.36. The van der Waals surface area contributed by atoms with Gasteiger partial charge in [0.1, 0.15) is 0 Å². The zero-order valence-corrected chi connectivity index (χ0v) is 10.9. The number of aromatic nitrogens is 3. The van der Waals surface area contributed by atoms with E-state index in [9.17, 15) is 4.79 Å². The van der Waals surface area contributed by atoms with E-state index in [0.29, 0.717) is 5.56 Å². The molecule has 0 unspecified atom stereocenters. The molecular weight excluding hydrogens is 240 g/mol. The zero-order chi connectivity index (χ0) is 13.2. The summed E-state index contributed by atoms with van der Waals surface area (Å²) in [6, 6.07) is 2.06. The molecule has 1 aliphatic heterocycles. The van der Waals surface area contributed by atoms with Crippen molar-refractivity contribution in [3.05, 3.63) is 36.4 Å². The topological polar surface area (TPSA) is 51.0 Å². The van der Waals surface area contributed by atoms with Gasteiger partial charge in [-0.3, -0.25) is 9.78 Å². The van der Waals surface area contributed by atoms with Crippen LogP contribution in [0.4, 0.5) is 5.69 Å². The van der Waals surface area contributed by atoms with Crippen LogP contribution in [0.1, 0.15) is 30.1 Å². The Morgan fingerprint density at radius 3 is 2.58 bits per heavy atom. The fourth-order valence-electron chi connectivity index (χ4n) is 2.34. The minimum Gasteiger partial charge on any atom is -0.370 e. The second-order valence-corrected chi connectivity index (χ2v) is 4.83. The van der Waals surface area contributed by atoms with Gasteiger partial charge in [0, 0.05) is 19.3 Å². The number of ketones is 1. The minimum absolute atomic E-state index is 0.0231. The van der Waals surface area contributed by atoms with Gasteiger partial charge in [-0.15, -0.1) is 0 Å². The lowest BCUT2D eigenvalue weighted by atomic mass is 10.3. The number of pyridine rings is 1. The molecule has 5 nitrogen and oxygen atoms in total. The lowest BCUT2D eigenvalue weighted by Gasteiger charge is -2.17. The second-order valence-electron chi connectivity index (χ2n) is 4.83. The van der Waals surface area contributed by atoms with Gasteiger partial charge < -0.3 is 4.90 Å². The molecule has 2 aromatic heterocycles. The summed E-state index contributed by atoms with van der Waals surface area (Å²) < 4.78 is 1.70. The van der Waals surface area contributed by atoms with E-state index in [-0.39, 0.29) is 5.78 Å². The monoisotopic (exact) mass is 256 g/mol. The predicted octanol–water partition coefficient (Wildman–Crippen LogP) is 2.07. The van der Waals surface area contributed by atoms with Crippen molar-refractivity contribution in [2.45, 2.75) is 19.8 Å². The molecule has 1 fully saturated rings. The summed E-state index contributed by atoms with van der Waals surface area (Å²) in [4.78, 5) is 17.9. The Hall–Kier alpha value is -2.17. The highest BCUT2D eigenvalue weighted by Crippen LogP contribution is 2.21. The van der Waals surface area contributed by atoms with Gasteiger partial charge in [-0.05, 0) is 25.8 Å². The Morgan fingerprint density at radius 1 is 1.16 bits per heavy atom. The number of nitrogens with zero attached hydrogens (tertiary/aromatic N) is 4. The lowest BCUT2D eigenvalue weighted by Crippen LogP contribution is -2.18. The van der Waals surface area contributed by atoms with E-state index in [0.717, 1.165) is 24.5 Å². The lowest BCUT2D eigenvalue weighted by molar-refractivity contribution is 0.101. The average molecular weight is 256 g/mol. The van der Waals surface area contributed by atoms with Crippen LogP contribution < -0.4 is 4.90 Å². The van der Waals surface area contributed by atoms with E-state index in [1.165, 1.54) is 12.8 Å². The molecule has 2 aromatic rings. The summed E-state index contributed by atoms with van der Waals surface area (Å²) in [5.41, 5.74) is 2.62. The normalized spacial score (nSPS) is 14.9. The van der Waals surface area contributed by atoms with Crippen LogP contribution in [0.25, 0.3) is 5.69 Å². The molecule has 19 heavy (non-hydrogen) atoms. The first-order chi connectivity index (χ1) is 9.24. The van der Waals surface area contributed by atoms with Crippen molar-refractivity contribution in [2.75, 3.05) is 18.0 Å². The molecule has 0 bridgehead atoms. The standard InChI is InChI=1S/C14H16N4O/c1-11(19)12-7-16-18(10-12)14-6-13(8-15-9-14)17-4-2-3-5-17/h6-10H,2-5H2,1H3. The summed E-state index contributed by atoms with van der Waals surface area (Å²) in [6.45, 7) is 3.71. The summed E-state index contributed by atoms with van der Waals surface area (Å²) in [5.74, 6) is 0.0231. The molecular formula is C14H16N4O. The molecule has 3 heterocycles. The van der Waals surface area contributed by atoms with Crippen molar-refractivity contribution in [3.63, 3.8) is 0 Å². The SMILES string of the molecule is CC(=O)c1cnn(-c2cncc(N3CCCC3)c2)c1. The molecule has 1 saturated heterocycles. The number of carbonyl (C=O) groups is 1. The fraction of sp³-hybridized carbons (Fsp3) is 0.357. The van der Waals surface area contributed by atoms with Gasteiger partial charge in [-0.25, -0.2) is 4.68 Å². The predicted molar refractivity (Wildman–Crippen MR) is 72.8 cm³/mol. The molecule has 0 amide bonds. The largest absolute Gasteiger partial charge is 0.370 e. The van der Waals surface area contributed by atoms with Crippen LogP contribution in [0.5, 0.6) is 0 Å². The fourth-order valence-corrected chi connectivity index (χ4v) is 2.34. The first-order valence-corrected chi connectivity index (χ1v) is 6.50. The minimum atomic E-state index is 0.0231. The van der Waals surface area contributed by atoms with Crippen LogP contribution in [0.15, 0.2) is 30.9 Å². The van der Waals surface area contributed by atoms with E-state index in [4.69, 9.17) is 0 Å². The number of hydrogen-bond donors (Lipinski definition) is 0. The number of anilines is 1. The average Bonchev–Trinajstić information content (AvgIpc) is 3.10. The Balaban J connectivity index is 1.91. The van der Waals surface area contributed by atoms with Crippen molar-refractivity contribution in [2.24, 2.45) is 0 Å². The Labute approximate surface area is 111 Å². The highest BCUT2D eigenvalue weighted by molar-refractivity contribution is 5.93. The van der Waals surface area contributed by atoms with E-state index in [2.05, 4.69) is 21.0 Å². The quantitative estimate of drug-likeness (QED) is 0.789. The zero-order valence-electron chi connectivity index (χ0n) is 10.9. The van der Waals surface area contributed by atoms with Gasteiger partial charge >= 0.3 is 0 Å². The maximum atomic E-state index is 11.3. The molecule has 0 atom stereocenters. The third-order valence-corrected chi connectivity index (χ3v) is 3.43. The molecule has 0 N–H and O–H groups in total. The first kappa shape index (κ1) is 11.9. The maximum Gasteiger partial charge on any atom is 0.162 e. The van der Waals surface area contributed by atoms with Crippen molar-refractivity contribution in [3.8, 4) is 5.69 Å². The number of rotatable bonds is 3. The molecule has 98 valence electrons. The Kier molecular flexibility index (Phi) is 3.03. The molecule has 0 aromatic carbocycles. The van der Waals surface area contributed by atoms with Crippen LogP contribution >= 0.6 is 0 Å². The number of Topliss-reactive ketones (excluding diaryl/α,β-unsaturated/α-hetero) is 1. The molecule has 0 saturated carbocycles. The summed E-state index contributed by atoms with van der Waals surface area (Å²) in [6.07, 6.45) is 9.44. The molecule has 0 aliphatic carbocycles. The molecule has 0 spiro atoms. The van der Waals surface area contributed by atoms with Crippen LogP contribution in [0, 0.1) is 0 Å². The van der Waals surface area contributed by atoms with Crippen LogP contribution in [0.3, 0.4) is 0 Å². The third-order valence-electron chi connectivity index (χ3n) is 3.43. The van der Waals surface area contributed by atoms with Gasteiger partial charge in [-0.1, -0.05) is 0 Å². The summed E-state index contributed by atoms with van der Waals surface area (Å²) in [5, 5.41) is 4.21. The van der Waals surface area contributed by atoms with Gasteiger partial charge in [0.15, 0.2) is 5.78 Å². The van der Waals surface area contributed by atoms with Gasteiger partial charge in [0.05, 0.1) is 35.5 Å². The van der Waals surface area contributed by atoms with Crippen molar-refractivity contribution in [1.82, 2.24) is 14.8 Å². The van der Waals surface area contributed by atoms with Crippen molar-refractivity contribution >= 4 is 11.5 Å². The second kappa shape index (κ2) is 4.84. The van der Waals surface area contributed by atoms with Gasteiger partial charge in [-0.2, -0.15) is 5.10 Å². The molecule has 1 aliphatic rings. The molecule has 5 heteroatoms. The van der Waals surface area contributed by atoms with E-state index < -0.39 is 0 Å². The highest BCUT2D eigenvalue weighted by Gasteiger charge is 2.13. The Bertz CT molecular complexity index is 599.